The fourth-order valence-electron chi connectivity index (χ4n) is 4.76. The summed E-state index contributed by atoms with van der Waals surface area (Å²) in [6.45, 7) is 5.14. The molecule has 0 atom stereocenters. The molecular weight excluding hydrogens is 497 g/mol. The standard InChI is InChI=1S/C22H23F3N4S.C6H12O/c1-16-4-3-5-21-20(16)14-29(11-10-28(21)13-18-12-27(2)15-26-18)30-19-8-6-17(7-9-19)22(23,24)25;1-7-6-4-2-3-5-6/h3-9,12,15H,10-11,13-14H2,1-2H3;6H,2-5H2,1H3. The molecule has 5 nitrogen and oxygen atoms in total. The molecule has 1 aliphatic heterocycles. The maximum Gasteiger partial charge on any atom is 0.416 e. The zero-order valence-electron chi connectivity index (χ0n) is 21.7. The predicted molar refractivity (Wildman–Crippen MR) is 142 cm³/mol. The summed E-state index contributed by atoms with van der Waals surface area (Å²) in [5.41, 5.74) is 4.03. The van der Waals surface area contributed by atoms with Gasteiger partial charge in [-0.2, -0.15) is 13.2 Å². The number of aryl methyl sites for hydroxylation is 2. The zero-order valence-corrected chi connectivity index (χ0v) is 22.5. The van der Waals surface area contributed by atoms with Crippen LogP contribution in [-0.2, 0) is 31.1 Å². The fraction of sp³-hybridized carbons (Fsp3) is 0.464. The van der Waals surface area contributed by atoms with Crippen LogP contribution in [0.4, 0.5) is 18.9 Å². The molecular formula is C28H35F3N4OS. The second-order valence-electron chi connectivity index (χ2n) is 9.64. The smallest absolute Gasteiger partial charge is 0.381 e. The SMILES string of the molecule is COC1CCCC1.Cc1cccc2c1CN(Sc1ccc(C(F)(F)F)cc1)CCN2Cc1cn(C)cn1. The Morgan fingerprint density at radius 3 is 2.38 bits per heavy atom. The van der Waals surface area contributed by atoms with E-state index < -0.39 is 11.7 Å². The molecule has 1 aromatic heterocycles. The van der Waals surface area contributed by atoms with Crippen molar-refractivity contribution >= 4 is 17.6 Å². The lowest BCUT2D eigenvalue weighted by atomic mass is 10.1. The van der Waals surface area contributed by atoms with Gasteiger partial charge < -0.3 is 14.2 Å². The van der Waals surface area contributed by atoms with Crippen LogP contribution in [0.3, 0.4) is 0 Å². The van der Waals surface area contributed by atoms with Gasteiger partial charge in [0.05, 0.1) is 30.2 Å². The van der Waals surface area contributed by atoms with Crippen molar-refractivity contribution in [3.8, 4) is 0 Å². The highest BCUT2D eigenvalue weighted by Crippen LogP contribution is 2.35. The largest absolute Gasteiger partial charge is 0.416 e. The number of fused-ring (bicyclic) bond motifs is 1. The molecule has 0 bridgehead atoms. The molecule has 0 saturated heterocycles. The van der Waals surface area contributed by atoms with Crippen LogP contribution in [0.5, 0.6) is 0 Å². The van der Waals surface area contributed by atoms with Crippen LogP contribution in [0.25, 0.3) is 0 Å². The average molecular weight is 533 g/mol. The number of halogens is 3. The summed E-state index contributed by atoms with van der Waals surface area (Å²) < 4.78 is 47.8. The molecule has 9 heteroatoms. The van der Waals surface area contributed by atoms with E-state index >= 15 is 0 Å². The lowest BCUT2D eigenvalue weighted by Crippen LogP contribution is -2.28. The van der Waals surface area contributed by atoms with Crippen molar-refractivity contribution in [2.45, 2.75) is 62.9 Å². The predicted octanol–water partition coefficient (Wildman–Crippen LogP) is 6.85. The van der Waals surface area contributed by atoms with Gasteiger partial charge in [-0.15, -0.1) is 0 Å². The monoisotopic (exact) mass is 532 g/mol. The van der Waals surface area contributed by atoms with Gasteiger partial charge in [-0.05, 0) is 73.2 Å². The Morgan fingerprint density at radius 1 is 1.05 bits per heavy atom. The third-order valence-corrected chi connectivity index (χ3v) is 7.90. The number of alkyl halides is 3. The van der Waals surface area contributed by atoms with Gasteiger partial charge in [0.2, 0.25) is 0 Å². The summed E-state index contributed by atoms with van der Waals surface area (Å²) in [5, 5.41) is 0. The topological polar surface area (TPSA) is 33.5 Å². The summed E-state index contributed by atoms with van der Waals surface area (Å²) in [5.74, 6) is 0. The second kappa shape index (κ2) is 12.4. The third kappa shape index (κ3) is 7.52. The molecule has 0 amide bonds. The van der Waals surface area contributed by atoms with E-state index in [9.17, 15) is 13.2 Å². The first kappa shape index (κ1) is 27.5. The average Bonchev–Trinajstić information content (AvgIpc) is 3.51. The summed E-state index contributed by atoms with van der Waals surface area (Å²) in [7, 11) is 3.76. The lowest BCUT2D eigenvalue weighted by molar-refractivity contribution is -0.137. The molecule has 0 radical (unpaired) electrons. The van der Waals surface area contributed by atoms with Gasteiger partial charge >= 0.3 is 6.18 Å². The molecule has 2 heterocycles. The highest BCUT2D eigenvalue weighted by Gasteiger charge is 2.30. The highest BCUT2D eigenvalue weighted by atomic mass is 32.2. The summed E-state index contributed by atoms with van der Waals surface area (Å²) >= 11 is 1.50. The molecule has 0 spiro atoms. The van der Waals surface area contributed by atoms with E-state index in [-0.39, 0.29) is 0 Å². The Kier molecular flexibility index (Phi) is 9.21. The molecule has 5 rings (SSSR count). The molecule has 0 N–H and O–H groups in total. The van der Waals surface area contributed by atoms with Crippen molar-refractivity contribution in [1.82, 2.24) is 13.9 Å². The Hall–Kier alpha value is -2.49. The maximum absolute atomic E-state index is 12.8. The van der Waals surface area contributed by atoms with E-state index in [1.54, 1.807) is 25.6 Å². The van der Waals surface area contributed by atoms with E-state index in [0.29, 0.717) is 6.10 Å². The number of rotatable bonds is 5. The molecule has 0 unspecified atom stereocenters. The van der Waals surface area contributed by atoms with E-state index in [1.165, 1.54) is 54.4 Å². The van der Waals surface area contributed by atoms with E-state index in [2.05, 4.69) is 39.3 Å². The number of anilines is 1. The molecule has 2 aromatic carbocycles. The molecule has 1 saturated carbocycles. The first-order valence-corrected chi connectivity index (χ1v) is 13.4. The van der Waals surface area contributed by atoms with Gasteiger partial charge in [-0.25, -0.2) is 9.29 Å². The summed E-state index contributed by atoms with van der Waals surface area (Å²) in [6.07, 6.45) is 5.43. The van der Waals surface area contributed by atoms with E-state index in [4.69, 9.17) is 4.74 Å². The van der Waals surface area contributed by atoms with Crippen molar-refractivity contribution < 1.29 is 17.9 Å². The number of nitrogens with zero attached hydrogens (tertiary/aromatic N) is 4. The molecule has 1 aliphatic carbocycles. The minimum atomic E-state index is -4.31. The summed E-state index contributed by atoms with van der Waals surface area (Å²) in [4.78, 5) is 7.59. The van der Waals surface area contributed by atoms with Gasteiger partial charge in [-0.3, -0.25) is 0 Å². The first-order chi connectivity index (χ1) is 17.7. The normalized spacial score (nSPS) is 16.8. The van der Waals surface area contributed by atoms with Gasteiger partial charge in [0.1, 0.15) is 0 Å². The Morgan fingerprint density at radius 2 is 1.78 bits per heavy atom. The second-order valence-corrected chi connectivity index (χ2v) is 10.8. The van der Waals surface area contributed by atoms with Crippen LogP contribution in [0.1, 0.15) is 48.1 Å². The molecule has 200 valence electrons. The van der Waals surface area contributed by atoms with Crippen LogP contribution in [0, 0.1) is 6.92 Å². The van der Waals surface area contributed by atoms with Crippen molar-refractivity contribution in [2.24, 2.45) is 7.05 Å². The zero-order chi connectivity index (χ0) is 26.4. The minimum Gasteiger partial charge on any atom is -0.381 e. The first-order valence-electron chi connectivity index (χ1n) is 12.7. The number of benzene rings is 2. The van der Waals surface area contributed by atoms with E-state index in [0.717, 1.165) is 48.9 Å². The van der Waals surface area contributed by atoms with Crippen molar-refractivity contribution in [1.29, 1.82) is 0 Å². The van der Waals surface area contributed by atoms with Crippen molar-refractivity contribution in [3.63, 3.8) is 0 Å². The third-order valence-electron chi connectivity index (χ3n) is 6.84. The molecule has 1 fully saturated rings. The van der Waals surface area contributed by atoms with Crippen LogP contribution < -0.4 is 4.90 Å². The highest BCUT2D eigenvalue weighted by molar-refractivity contribution is 7.97. The van der Waals surface area contributed by atoms with E-state index in [1.807, 2.05) is 17.8 Å². The molecule has 2 aliphatic rings. The number of imidazole rings is 1. The minimum absolute atomic E-state index is 0.597. The van der Waals surface area contributed by atoms with Crippen molar-refractivity contribution in [2.75, 3.05) is 25.1 Å². The quantitative estimate of drug-likeness (QED) is 0.336. The lowest BCUT2D eigenvalue weighted by Gasteiger charge is -2.24. The van der Waals surface area contributed by atoms with Crippen LogP contribution in [-0.4, -0.2) is 40.2 Å². The van der Waals surface area contributed by atoms with Gasteiger partial charge in [0.25, 0.3) is 0 Å². The maximum atomic E-state index is 12.8. The number of hydrogen-bond donors (Lipinski definition) is 0. The fourth-order valence-corrected chi connectivity index (χ4v) is 5.68. The van der Waals surface area contributed by atoms with Crippen LogP contribution in [0.2, 0.25) is 0 Å². The number of methoxy groups -OCH3 is 1. The number of aromatic nitrogens is 2. The Labute approximate surface area is 221 Å². The molecule has 3 aromatic rings. The summed E-state index contributed by atoms with van der Waals surface area (Å²) in [6, 6.07) is 11.7. The Bertz CT molecular complexity index is 1140. The van der Waals surface area contributed by atoms with Gasteiger partial charge in [-0.1, -0.05) is 25.0 Å². The molecule has 37 heavy (non-hydrogen) atoms. The van der Waals surface area contributed by atoms with Gasteiger partial charge in [0, 0.05) is 50.6 Å². The Balaban J connectivity index is 0.000000396. The van der Waals surface area contributed by atoms with Crippen molar-refractivity contribution in [3.05, 3.63) is 77.4 Å². The van der Waals surface area contributed by atoms with Crippen LogP contribution >= 0.6 is 11.9 Å². The number of hydrogen-bond acceptors (Lipinski definition) is 5. The number of ether oxygens (including phenoxy) is 1. The van der Waals surface area contributed by atoms with Gasteiger partial charge in [0.15, 0.2) is 0 Å². The van der Waals surface area contributed by atoms with Crippen LogP contribution in [0.15, 0.2) is 59.9 Å².